The van der Waals surface area contributed by atoms with Crippen molar-refractivity contribution in [1.82, 2.24) is 0 Å². The number of carboxylic acids is 1. The molecule has 1 unspecified atom stereocenters. The highest BCUT2D eigenvalue weighted by Crippen LogP contribution is 2.45. The predicted octanol–water partition coefficient (Wildman–Crippen LogP) is 3.78. The van der Waals surface area contributed by atoms with Gasteiger partial charge in [-0.25, -0.2) is 4.79 Å². The number of aromatic nitrogens is 1. The van der Waals surface area contributed by atoms with Gasteiger partial charge in [0.15, 0.2) is 0 Å². The minimum atomic E-state index is -1.64. The molecule has 1 amide bonds. The molecule has 8 heteroatoms. The van der Waals surface area contributed by atoms with E-state index in [0.29, 0.717) is 22.2 Å². The average molecular weight is 440 g/mol. The van der Waals surface area contributed by atoms with E-state index in [-0.39, 0.29) is 11.3 Å². The van der Waals surface area contributed by atoms with E-state index in [9.17, 15) is 19.9 Å². The molecule has 1 fully saturated rings. The van der Waals surface area contributed by atoms with Crippen molar-refractivity contribution in [2.45, 2.75) is 24.9 Å². The van der Waals surface area contributed by atoms with Gasteiger partial charge in [0, 0.05) is 21.5 Å². The first kappa shape index (κ1) is 20.8. The van der Waals surface area contributed by atoms with Crippen LogP contribution < -0.4 is 10.0 Å². The van der Waals surface area contributed by atoms with Gasteiger partial charge in [-0.3, -0.25) is 10.0 Å². The fraction of sp³-hybridized carbons (Fsp3) is 0.174. The van der Waals surface area contributed by atoms with E-state index in [1.54, 1.807) is 6.07 Å². The highest BCUT2D eigenvalue weighted by Gasteiger charge is 2.30. The Morgan fingerprint density at radius 1 is 1.06 bits per heavy atom. The van der Waals surface area contributed by atoms with Gasteiger partial charge >= 0.3 is 5.97 Å². The number of aliphatic hydroxyl groups excluding tert-OH is 1. The van der Waals surface area contributed by atoms with Crippen molar-refractivity contribution in [2.75, 3.05) is 5.32 Å². The van der Waals surface area contributed by atoms with Crippen LogP contribution in [-0.2, 0) is 4.79 Å². The van der Waals surface area contributed by atoms with Crippen molar-refractivity contribution in [3.8, 4) is 11.1 Å². The Kier molecular flexibility index (Phi) is 5.63. The first-order chi connectivity index (χ1) is 14.8. The highest BCUT2D eigenvalue weighted by atomic mass is 35.5. The lowest BCUT2D eigenvalue weighted by Gasteiger charge is -2.11. The fourth-order valence-electron chi connectivity index (χ4n) is 3.45. The van der Waals surface area contributed by atoms with Gasteiger partial charge in [0.1, 0.15) is 0 Å². The Bertz CT molecular complexity index is 1160. The molecule has 1 heterocycles. The van der Waals surface area contributed by atoms with E-state index in [1.807, 2.05) is 18.2 Å². The van der Waals surface area contributed by atoms with Crippen LogP contribution in [-0.4, -0.2) is 27.3 Å². The van der Waals surface area contributed by atoms with Gasteiger partial charge in [-0.15, -0.1) is 0 Å². The van der Waals surface area contributed by atoms with Crippen LogP contribution in [0.3, 0.4) is 0 Å². The topological polar surface area (TPSA) is 111 Å². The molecule has 2 aromatic carbocycles. The van der Waals surface area contributed by atoms with Crippen molar-refractivity contribution in [3.05, 3.63) is 82.6 Å². The standard InChI is InChI=1S/C23H19ClN2O5/c24-16-6-9-18(13-1-2-13)19(11-16)15-5-10-20(26(31)12-15)21(27)22(28)25-17-7-3-14(4-8-17)23(29)30/h3-13,21,27H,1-2H2,(H2-,25,28,29,30,31)/p+1. The summed E-state index contributed by atoms with van der Waals surface area (Å²) in [5.41, 5.74) is 3.16. The van der Waals surface area contributed by atoms with E-state index in [1.165, 1.54) is 36.5 Å². The lowest BCUT2D eigenvalue weighted by atomic mass is 9.97. The second kappa shape index (κ2) is 8.37. The molecule has 7 nitrogen and oxygen atoms in total. The van der Waals surface area contributed by atoms with Crippen LogP contribution >= 0.6 is 11.6 Å². The number of carbonyl (C=O) groups excluding carboxylic acids is 1. The van der Waals surface area contributed by atoms with Gasteiger partial charge in [-0.1, -0.05) is 17.7 Å². The number of nitrogens with zero attached hydrogens (tertiary/aromatic N) is 1. The lowest BCUT2D eigenvalue weighted by Crippen LogP contribution is -2.39. The van der Waals surface area contributed by atoms with Crippen LogP contribution in [0.25, 0.3) is 11.1 Å². The van der Waals surface area contributed by atoms with Gasteiger partial charge in [0.25, 0.3) is 11.6 Å². The summed E-state index contributed by atoms with van der Waals surface area (Å²) in [4.78, 5) is 23.3. The monoisotopic (exact) mass is 439 g/mol. The van der Waals surface area contributed by atoms with E-state index in [4.69, 9.17) is 16.7 Å². The number of hydrogen-bond donors (Lipinski definition) is 4. The molecule has 1 aliphatic carbocycles. The van der Waals surface area contributed by atoms with Crippen LogP contribution in [0.2, 0.25) is 5.02 Å². The van der Waals surface area contributed by atoms with Crippen LogP contribution in [0, 0.1) is 0 Å². The molecule has 158 valence electrons. The maximum atomic E-state index is 12.4. The molecule has 31 heavy (non-hydrogen) atoms. The van der Waals surface area contributed by atoms with Crippen molar-refractivity contribution in [2.24, 2.45) is 0 Å². The Balaban J connectivity index is 1.54. The van der Waals surface area contributed by atoms with Gasteiger partial charge in [0.05, 0.1) is 11.1 Å². The number of hydrogen-bond acceptors (Lipinski definition) is 4. The molecule has 3 aromatic rings. The number of benzene rings is 2. The first-order valence-corrected chi connectivity index (χ1v) is 10.1. The second-order valence-corrected chi connectivity index (χ2v) is 7.90. The van der Waals surface area contributed by atoms with Crippen LogP contribution in [0.15, 0.2) is 60.8 Å². The summed E-state index contributed by atoms with van der Waals surface area (Å²) >= 11 is 6.16. The van der Waals surface area contributed by atoms with Crippen molar-refractivity contribution in [3.63, 3.8) is 0 Å². The number of carbonyl (C=O) groups is 2. The Morgan fingerprint density at radius 2 is 1.77 bits per heavy atom. The maximum Gasteiger partial charge on any atom is 0.335 e. The molecule has 1 aliphatic rings. The minimum Gasteiger partial charge on any atom is -0.478 e. The smallest absolute Gasteiger partial charge is 0.335 e. The van der Waals surface area contributed by atoms with Gasteiger partial charge in [0.2, 0.25) is 12.3 Å². The zero-order chi connectivity index (χ0) is 22.1. The summed E-state index contributed by atoms with van der Waals surface area (Å²) in [5, 5.41) is 32.9. The van der Waals surface area contributed by atoms with E-state index >= 15 is 0 Å². The summed E-state index contributed by atoms with van der Waals surface area (Å²) in [6.45, 7) is 0. The number of rotatable bonds is 6. The third kappa shape index (κ3) is 4.52. The summed E-state index contributed by atoms with van der Waals surface area (Å²) < 4.78 is 0.727. The van der Waals surface area contributed by atoms with Gasteiger partial charge in [-0.05, 0) is 72.4 Å². The van der Waals surface area contributed by atoms with Crippen molar-refractivity contribution in [1.29, 1.82) is 0 Å². The molecular formula is C23H20ClN2O5+. The molecule has 0 bridgehead atoms. The predicted molar refractivity (Wildman–Crippen MR) is 113 cm³/mol. The number of aromatic carboxylic acids is 1. The first-order valence-electron chi connectivity index (χ1n) is 9.70. The zero-order valence-corrected chi connectivity index (χ0v) is 17.1. The van der Waals surface area contributed by atoms with Crippen molar-refractivity contribution < 1.29 is 29.7 Å². The molecule has 1 aromatic heterocycles. The summed E-state index contributed by atoms with van der Waals surface area (Å²) in [7, 11) is 0. The number of amides is 1. The summed E-state index contributed by atoms with van der Waals surface area (Å²) in [6.07, 6.45) is 2.02. The molecule has 0 spiro atoms. The molecule has 1 saturated carbocycles. The lowest BCUT2D eigenvalue weighted by molar-refractivity contribution is -0.910. The Hall–Kier alpha value is -3.42. The maximum absolute atomic E-state index is 12.4. The van der Waals surface area contributed by atoms with Crippen LogP contribution in [0.5, 0.6) is 0 Å². The molecule has 4 rings (SSSR count). The zero-order valence-electron chi connectivity index (χ0n) is 16.3. The summed E-state index contributed by atoms with van der Waals surface area (Å²) in [5.74, 6) is -1.37. The molecular weight excluding hydrogens is 420 g/mol. The molecule has 0 radical (unpaired) electrons. The normalized spacial score (nSPS) is 14.1. The number of carboxylic acid groups (broad SMARTS) is 1. The number of pyridine rings is 1. The summed E-state index contributed by atoms with van der Waals surface area (Å²) in [6, 6.07) is 14.4. The van der Waals surface area contributed by atoms with E-state index in [0.717, 1.165) is 28.7 Å². The number of anilines is 1. The molecule has 4 N–H and O–H groups in total. The Labute approximate surface area is 183 Å². The number of nitrogens with one attached hydrogen (secondary N) is 1. The SMILES string of the molecule is O=C(O)c1ccc(NC(=O)C(O)c2ccc(-c3cc(Cl)ccc3C3CC3)c[n+]2O)cc1. The third-order valence-corrected chi connectivity index (χ3v) is 5.47. The Morgan fingerprint density at radius 3 is 2.39 bits per heavy atom. The van der Waals surface area contributed by atoms with Crippen molar-refractivity contribution >= 4 is 29.2 Å². The molecule has 0 aliphatic heterocycles. The van der Waals surface area contributed by atoms with Crippen LogP contribution in [0.1, 0.15) is 46.5 Å². The number of aliphatic hydroxyl groups is 1. The molecule has 1 atom stereocenters. The quantitative estimate of drug-likeness (QED) is 0.345. The van der Waals surface area contributed by atoms with E-state index < -0.39 is 18.0 Å². The van der Waals surface area contributed by atoms with Gasteiger partial charge in [-0.2, -0.15) is 0 Å². The van der Waals surface area contributed by atoms with Gasteiger partial charge < -0.3 is 15.5 Å². The van der Waals surface area contributed by atoms with Crippen LogP contribution in [0.4, 0.5) is 5.69 Å². The second-order valence-electron chi connectivity index (χ2n) is 7.47. The largest absolute Gasteiger partial charge is 0.478 e. The minimum absolute atomic E-state index is 0.0154. The third-order valence-electron chi connectivity index (χ3n) is 5.23. The number of halogens is 1. The average Bonchev–Trinajstić information content (AvgIpc) is 3.58. The van der Waals surface area contributed by atoms with E-state index in [2.05, 4.69) is 5.32 Å². The highest BCUT2D eigenvalue weighted by molar-refractivity contribution is 6.30. The fourth-order valence-corrected chi connectivity index (χ4v) is 3.62. The molecule has 0 saturated heterocycles.